The number of halogens is 1. The molecule has 110 valence electrons. The number of hydrogen-bond acceptors (Lipinski definition) is 2. The second kappa shape index (κ2) is 6.33. The first-order valence-electron chi connectivity index (χ1n) is 6.41. The van der Waals surface area contributed by atoms with E-state index < -0.39 is 10.0 Å². The van der Waals surface area contributed by atoms with Gasteiger partial charge in [-0.1, -0.05) is 47.5 Å². The van der Waals surface area contributed by atoms with E-state index in [0.29, 0.717) is 10.7 Å². The molecule has 2 rings (SSSR count). The largest absolute Gasteiger partial charge is 0.264 e. The van der Waals surface area contributed by atoms with Crippen molar-refractivity contribution in [1.29, 1.82) is 0 Å². The summed E-state index contributed by atoms with van der Waals surface area (Å²) in [7, 11) is -3.68. The Labute approximate surface area is 130 Å². The van der Waals surface area contributed by atoms with Gasteiger partial charge in [-0.3, -0.25) is 4.31 Å². The van der Waals surface area contributed by atoms with E-state index in [1.807, 2.05) is 6.92 Å². The molecule has 0 saturated carbocycles. The molecule has 0 amide bonds. The zero-order chi connectivity index (χ0) is 15.5. The molecule has 0 aromatic heterocycles. The molecule has 0 bridgehead atoms. The Morgan fingerprint density at radius 3 is 2.33 bits per heavy atom. The van der Waals surface area contributed by atoms with Gasteiger partial charge in [0.25, 0.3) is 10.0 Å². The van der Waals surface area contributed by atoms with Gasteiger partial charge in [-0.25, -0.2) is 8.42 Å². The molecule has 0 aliphatic carbocycles. The first-order chi connectivity index (χ1) is 9.96. The normalized spacial score (nSPS) is 11.1. The van der Waals surface area contributed by atoms with Crippen molar-refractivity contribution in [3.8, 4) is 0 Å². The lowest BCUT2D eigenvalue weighted by molar-refractivity contribution is 0.593. The topological polar surface area (TPSA) is 37.4 Å². The van der Waals surface area contributed by atoms with E-state index in [2.05, 4.69) is 6.58 Å². The molecular weight excluding hydrogens is 306 g/mol. The van der Waals surface area contributed by atoms with Crippen LogP contribution >= 0.6 is 11.6 Å². The van der Waals surface area contributed by atoms with Crippen molar-refractivity contribution in [3.63, 3.8) is 0 Å². The third-order valence-electron chi connectivity index (χ3n) is 3.03. The summed E-state index contributed by atoms with van der Waals surface area (Å²) >= 11 is 6.13. The molecule has 0 N–H and O–H groups in total. The van der Waals surface area contributed by atoms with Gasteiger partial charge >= 0.3 is 0 Å². The number of anilines is 1. The van der Waals surface area contributed by atoms with Crippen LogP contribution in [0.25, 0.3) is 0 Å². The molecule has 3 nitrogen and oxygen atoms in total. The Morgan fingerprint density at radius 1 is 1.14 bits per heavy atom. The van der Waals surface area contributed by atoms with Crippen LogP contribution in [0, 0.1) is 6.92 Å². The number of hydrogen-bond donors (Lipinski definition) is 0. The van der Waals surface area contributed by atoms with Gasteiger partial charge in [0.2, 0.25) is 0 Å². The first-order valence-corrected chi connectivity index (χ1v) is 8.23. The van der Waals surface area contributed by atoms with Crippen LogP contribution in [0.4, 0.5) is 5.69 Å². The van der Waals surface area contributed by atoms with Crippen LogP contribution in [0.2, 0.25) is 5.02 Å². The SMILES string of the molecule is C=CCN(c1ccccc1Cl)S(=O)(=O)c1ccc(C)cc1. The highest BCUT2D eigenvalue weighted by Gasteiger charge is 2.25. The van der Waals surface area contributed by atoms with E-state index in [4.69, 9.17) is 11.6 Å². The van der Waals surface area contributed by atoms with Crippen molar-refractivity contribution in [3.05, 3.63) is 71.8 Å². The summed E-state index contributed by atoms with van der Waals surface area (Å²) in [6.07, 6.45) is 1.54. The molecule has 21 heavy (non-hydrogen) atoms. The average Bonchev–Trinajstić information content (AvgIpc) is 2.46. The summed E-state index contributed by atoms with van der Waals surface area (Å²) < 4.78 is 26.9. The number of para-hydroxylation sites is 1. The third-order valence-corrected chi connectivity index (χ3v) is 5.14. The third kappa shape index (κ3) is 3.28. The van der Waals surface area contributed by atoms with Gasteiger partial charge in [0.05, 0.1) is 22.2 Å². The van der Waals surface area contributed by atoms with E-state index in [-0.39, 0.29) is 11.4 Å². The van der Waals surface area contributed by atoms with Gasteiger partial charge in [-0.05, 0) is 31.2 Å². The summed E-state index contributed by atoms with van der Waals surface area (Å²) in [5, 5.41) is 0.384. The number of nitrogens with zero attached hydrogens (tertiary/aromatic N) is 1. The number of aryl methyl sites for hydroxylation is 1. The summed E-state index contributed by atoms with van der Waals surface area (Å²) in [5.41, 5.74) is 1.45. The molecule has 0 heterocycles. The van der Waals surface area contributed by atoms with E-state index in [9.17, 15) is 8.42 Å². The zero-order valence-corrected chi connectivity index (χ0v) is 13.2. The summed E-state index contributed by atoms with van der Waals surface area (Å²) in [4.78, 5) is 0.231. The minimum atomic E-state index is -3.68. The smallest absolute Gasteiger partial charge is 0.261 e. The fourth-order valence-corrected chi connectivity index (χ4v) is 3.68. The van der Waals surface area contributed by atoms with Crippen LogP contribution in [-0.4, -0.2) is 15.0 Å². The number of benzene rings is 2. The van der Waals surface area contributed by atoms with Crippen LogP contribution in [0.1, 0.15) is 5.56 Å². The Kier molecular flexibility index (Phi) is 4.70. The van der Waals surface area contributed by atoms with Gasteiger partial charge < -0.3 is 0 Å². The lowest BCUT2D eigenvalue weighted by atomic mass is 10.2. The second-order valence-corrected chi connectivity index (χ2v) is 6.86. The fraction of sp³-hybridized carbons (Fsp3) is 0.125. The monoisotopic (exact) mass is 321 g/mol. The van der Waals surface area contributed by atoms with Crippen LogP contribution in [-0.2, 0) is 10.0 Å². The Balaban J connectivity index is 2.54. The minimum absolute atomic E-state index is 0.153. The molecule has 0 fully saturated rings. The lowest BCUT2D eigenvalue weighted by Crippen LogP contribution is -2.31. The standard InChI is InChI=1S/C16H16ClNO2S/c1-3-12-18(16-7-5-4-6-15(16)17)21(19,20)14-10-8-13(2)9-11-14/h3-11H,1,12H2,2H3. The number of rotatable bonds is 5. The van der Waals surface area contributed by atoms with Crippen molar-refractivity contribution in [1.82, 2.24) is 0 Å². The van der Waals surface area contributed by atoms with Crippen molar-refractivity contribution in [2.45, 2.75) is 11.8 Å². The second-order valence-electron chi connectivity index (χ2n) is 4.59. The molecule has 5 heteroatoms. The maximum atomic E-state index is 12.8. The van der Waals surface area contributed by atoms with Gasteiger partial charge in [-0.2, -0.15) is 0 Å². The highest BCUT2D eigenvalue weighted by atomic mass is 35.5. The lowest BCUT2D eigenvalue weighted by Gasteiger charge is -2.24. The van der Waals surface area contributed by atoms with Crippen LogP contribution in [0.15, 0.2) is 66.1 Å². The van der Waals surface area contributed by atoms with Gasteiger partial charge in [0.1, 0.15) is 0 Å². The van der Waals surface area contributed by atoms with Crippen molar-refractivity contribution in [2.24, 2.45) is 0 Å². The van der Waals surface area contributed by atoms with E-state index >= 15 is 0 Å². The van der Waals surface area contributed by atoms with Crippen molar-refractivity contribution in [2.75, 3.05) is 10.8 Å². The van der Waals surface area contributed by atoms with E-state index in [0.717, 1.165) is 5.56 Å². The Bertz CT molecular complexity index is 739. The van der Waals surface area contributed by atoms with E-state index in [1.54, 1.807) is 48.5 Å². The zero-order valence-electron chi connectivity index (χ0n) is 11.7. The molecule has 0 spiro atoms. The maximum Gasteiger partial charge on any atom is 0.264 e. The molecule has 2 aromatic carbocycles. The van der Waals surface area contributed by atoms with Crippen LogP contribution in [0.5, 0.6) is 0 Å². The maximum absolute atomic E-state index is 12.8. The molecule has 0 aliphatic rings. The van der Waals surface area contributed by atoms with Gasteiger partial charge in [0, 0.05) is 0 Å². The molecule has 0 unspecified atom stereocenters. The van der Waals surface area contributed by atoms with Crippen molar-refractivity contribution >= 4 is 27.3 Å². The average molecular weight is 322 g/mol. The molecule has 2 aromatic rings. The number of sulfonamides is 1. The Hall–Kier alpha value is -1.78. The quantitative estimate of drug-likeness (QED) is 0.780. The highest BCUT2D eigenvalue weighted by molar-refractivity contribution is 7.92. The van der Waals surface area contributed by atoms with Gasteiger partial charge in [-0.15, -0.1) is 6.58 Å². The van der Waals surface area contributed by atoms with Crippen LogP contribution < -0.4 is 4.31 Å². The van der Waals surface area contributed by atoms with Crippen molar-refractivity contribution < 1.29 is 8.42 Å². The Morgan fingerprint density at radius 2 is 1.76 bits per heavy atom. The van der Waals surface area contributed by atoms with Crippen LogP contribution in [0.3, 0.4) is 0 Å². The molecule has 0 radical (unpaired) electrons. The first kappa shape index (κ1) is 15.6. The minimum Gasteiger partial charge on any atom is -0.261 e. The highest BCUT2D eigenvalue weighted by Crippen LogP contribution is 2.30. The predicted molar refractivity (Wildman–Crippen MR) is 87.4 cm³/mol. The van der Waals surface area contributed by atoms with E-state index in [1.165, 1.54) is 10.4 Å². The molecular formula is C16H16ClNO2S. The summed E-state index contributed by atoms with van der Waals surface area (Å²) in [5.74, 6) is 0. The molecule has 0 atom stereocenters. The summed E-state index contributed by atoms with van der Waals surface area (Å²) in [6.45, 7) is 5.69. The molecule has 0 aliphatic heterocycles. The fourth-order valence-electron chi connectivity index (χ4n) is 1.93. The predicted octanol–water partition coefficient (Wildman–Crippen LogP) is 4.03. The molecule has 0 saturated heterocycles. The van der Waals surface area contributed by atoms with Gasteiger partial charge in [0.15, 0.2) is 0 Å². The summed E-state index contributed by atoms with van der Waals surface area (Å²) in [6, 6.07) is 13.6.